The number of amides is 7. The average molecular weight is 656 g/mol. The van der Waals surface area contributed by atoms with Crippen LogP contribution in [0.5, 0.6) is 5.75 Å². The van der Waals surface area contributed by atoms with Crippen LogP contribution in [0.15, 0.2) is 24.3 Å². The van der Waals surface area contributed by atoms with Crippen molar-refractivity contribution in [3.05, 3.63) is 29.8 Å². The van der Waals surface area contributed by atoms with Crippen molar-refractivity contribution in [2.24, 2.45) is 17.2 Å². The first-order valence-electron chi connectivity index (χ1n) is 13.8. The van der Waals surface area contributed by atoms with Crippen LogP contribution in [0.1, 0.15) is 51.0 Å². The number of carbonyl (C=O) groups is 7. The fourth-order valence-electron chi connectivity index (χ4n) is 4.68. The van der Waals surface area contributed by atoms with Crippen molar-refractivity contribution in [3.63, 3.8) is 0 Å². The Morgan fingerprint density at radius 1 is 0.889 bits per heavy atom. The quantitative estimate of drug-likeness (QED) is 0.0792. The molecule has 1 aromatic rings. The minimum absolute atomic E-state index is 0.177. The molecule has 0 saturated carbocycles. The van der Waals surface area contributed by atoms with E-state index in [1.54, 1.807) is 0 Å². The average Bonchev–Trinajstić information content (AvgIpc) is 3.43. The number of nitrogens with zero attached hydrogens (tertiary/aromatic N) is 1. The Hall–Kier alpha value is -4.54. The van der Waals surface area contributed by atoms with E-state index in [2.05, 4.69) is 20.5 Å². The number of carbonyl (C=O) groups excluding carboxylic acids is 7. The van der Waals surface area contributed by atoms with E-state index in [-0.39, 0.29) is 44.4 Å². The van der Waals surface area contributed by atoms with E-state index in [9.17, 15) is 38.1 Å². The molecule has 0 aromatic heterocycles. The number of hydrogen-bond donors (Lipinski definition) is 8. The largest absolute Gasteiger partial charge is 0.524 e. The van der Waals surface area contributed by atoms with Gasteiger partial charge in [-0.05, 0) is 43.4 Å². The molecule has 19 heteroatoms. The first-order valence-corrected chi connectivity index (χ1v) is 15.4. The zero-order valence-corrected chi connectivity index (χ0v) is 25.4. The van der Waals surface area contributed by atoms with Gasteiger partial charge in [-0.3, -0.25) is 43.3 Å². The topological polar surface area (TPSA) is 304 Å². The second-order valence-electron chi connectivity index (χ2n) is 10.4. The molecule has 0 radical (unpaired) electrons. The first kappa shape index (κ1) is 36.7. The minimum Gasteiger partial charge on any atom is -0.404 e. The summed E-state index contributed by atoms with van der Waals surface area (Å²) >= 11 is 0. The van der Waals surface area contributed by atoms with Gasteiger partial charge in [-0.25, -0.2) is 4.57 Å². The Bertz CT molecular complexity index is 1330. The molecule has 2 rings (SSSR count). The van der Waals surface area contributed by atoms with E-state index < -0.39 is 73.3 Å². The van der Waals surface area contributed by atoms with Gasteiger partial charge >= 0.3 is 7.82 Å². The summed E-state index contributed by atoms with van der Waals surface area (Å²) < 4.78 is 15.7. The molecule has 0 bridgehead atoms. The molecule has 4 atom stereocenters. The summed E-state index contributed by atoms with van der Waals surface area (Å²) in [6.45, 7) is 1.32. The molecule has 1 aromatic carbocycles. The molecule has 11 N–H and O–H groups in total. The van der Waals surface area contributed by atoms with Crippen LogP contribution < -0.4 is 37.7 Å². The van der Waals surface area contributed by atoms with Crippen molar-refractivity contribution in [2.75, 3.05) is 6.54 Å². The van der Waals surface area contributed by atoms with E-state index in [1.165, 1.54) is 29.2 Å². The van der Waals surface area contributed by atoms with Gasteiger partial charge in [-0.15, -0.1) is 0 Å². The Labute approximate surface area is 258 Å². The van der Waals surface area contributed by atoms with Gasteiger partial charge in [0.25, 0.3) is 0 Å². The molecule has 248 valence electrons. The first-order chi connectivity index (χ1) is 21.0. The number of primary amides is 3. The SMILES string of the molecule is CC(=O)N[C@@H](CCC(N)=O)C(=O)N[C@@H](Cc1ccc(OP(=O)(O)O)cc1)C(=O)N[C@@H](CCC(N)=O)C(=O)N1CCC[C@@H]1C(N)=O. The molecular weight excluding hydrogens is 617 g/mol. The molecule has 1 aliphatic heterocycles. The zero-order valence-electron chi connectivity index (χ0n) is 24.5. The third-order valence-corrected chi connectivity index (χ3v) is 7.20. The Balaban J connectivity index is 2.38. The van der Waals surface area contributed by atoms with Gasteiger partial charge in [0.05, 0.1) is 0 Å². The van der Waals surface area contributed by atoms with E-state index in [0.717, 1.165) is 6.92 Å². The van der Waals surface area contributed by atoms with E-state index >= 15 is 0 Å². The smallest absolute Gasteiger partial charge is 0.404 e. The van der Waals surface area contributed by atoms with Crippen LogP contribution in [0, 0.1) is 0 Å². The fourth-order valence-corrected chi connectivity index (χ4v) is 5.08. The Morgan fingerprint density at radius 2 is 1.42 bits per heavy atom. The summed E-state index contributed by atoms with van der Waals surface area (Å²) in [5.74, 6) is -5.46. The molecule has 1 heterocycles. The Kier molecular flexibility index (Phi) is 13.4. The van der Waals surface area contributed by atoms with Crippen LogP contribution in [0.4, 0.5) is 0 Å². The fraction of sp³-hybridized carbons (Fsp3) is 0.500. The van der Waals surface area contributed by atoms with Gasteiger partial charge in [0.2, 0.25) is 41.4 Å². The molecule has 1 saturated heterocycles. The van der Waals surface area contributed by atoms with Crippen LogP contribution >= 0.6 is 7.82 Å². The summed E-state index contributed by atoms with van der Waals surface area (Å²) in [5, 5.41) is 7.38. The monoisotopic (exact) mass is 655 g/mol. The minimum atomic E-state index is -4.85. The molecule has 0 spiro atoms. The van der Waals surface area contributed by atoms with E-state index in [0.29, 0.717) is 18.4 Å². The zero-order chi connectivity index (χ0) is 33.9. The summed E-state index contributed by atoms with van der Waals surface area (Å²) in [4.78, 5) is 106. The highest BCUT2D eigenvalue weighted by molar-refractivity contribution is 7.46. The number of phosphoric ester groups is 1. The van der Waals surface area contributed by atoms with Crippen molar-refractivity contribution >= 4 is 49.2 Å². The van der Waals surface area contributed by atoms with Crippen LogP contribution in [-0.4, -0.2) is 86.7 Å². The van der Waals surface area contributed by atoms with Crippen LogP contribution in [0.25, 0.3) is 0 Å². The number of benzene rings is 1. The van der Waals surface area contributed by atoms with Gasteiger partial charge < -0.3 is 42.6 Å². The molecule has 7 amide bonds. The maximum atomic E-state index is 13.6. The highest BCUT2D eigenvalue weighted by Gasteiger charge is 2.38. The summed E-state index contributed by atoms with van der Waals surface area (Å²) in [5.41, 5.74) is 16.3. The third kappa shape index (κ3) is 12.5. The molecular formula is C26H38N7O11P. The van der Waals surface area contributed by atoms with Crippen molar-refractivity contribution < 1.29 is 52.4 Å². The molecule has 1 aliphatic rings. The maximum Gasteiger partial charge on any atom is 0.524 e. The van der Waals surface area contributed by atoms with Crippen molar-refractivity contribution in [2.45, 2.75) is 76.0 Å². The lowest BCUT2D eigenvalue weighted by atomic mass is 10.0. The lowest BCUT2D eigenvalue weighted by molar-refractivity contribution is -0.141. The third-order valence-electron chi connectivity index (χ3n) is 6.75. The van der Waals surface area contributed by atoms with Crippen LogP contribution in [0.3, 0.4) is 0 Å². The highest BCUT2D eigenvalue weighted by Crippen LogP contribution is 2.37. The lowest BCUT2D eigenvalue weighted by Crippen LogP contribution is -2.58. The Morgan fingerprint density at radius 3 is 1.93 bits per heavy atom. The standard InChI is InChI=1S/C26H38N7O11P/c1-14(34)30-17(8-10-21(27)35)24(38)32-19(13-15-4-6-16(7-5-15)44-45(41,42)43)25(39)31-18(9-11-22(28)36)26(40)33-12-2-3-20(33)23(29)37/h4-7,17-20H,2-3,8-13H2,1H3,(H2,27,35)(H2,28,36)(H2,29,37)(H,30,34)(H,31,39)(H,32,38)(H2,41,42,43)/t17-,18-,19-,20+/m0/s1. The van der Waals surface area contributed by atoms with Crippen LogP contribution in [0.2, 0.25) is 0 Å². The summed E-state index contributed by atoms with van der Waals surface area (Å²) in [6, 6.07) is 0.218. The van der Waals surface area contributed by atoms with Gasteiger partial charge in [-0.2, -0.15) is 0 Å². The van der Waals surface area contributed by atoms with Crippen LogP contribution in [-0.2, 0) is 44.5 Å². The van der Waals surface area contributed by atoms with Gasteiger partial charge in [-0.1, -0.05) is 12.1 Å². The van der Waals surface area contributed by atoms with Gasteiger partial charge in [0, 0.05) is 32.7 Å². The number of likely N-dealkylation sites (tertiary alicyclic amines) is 1. The normalized spacial score (nSPS) is 16.5. The molecule has 1 fully saturated rings. The van der Waals surface area contributed by atoms with Crippen molar-refractivity contribution in [1.29, 1.82) is 0 Å². The van der Waals surface area contributed by atoms with Crippen molar-refractivity contribution in [1.82, 2.24) is 20.9 Å². The molecule has 0 aliphatic carbocycles. The molecule has 18 nitrogen and oxygen atoms in total. The number of phosphoric acid groups is 1. The predicted molar refractivity (Wildman–Crippen MR) is 155 cm³/mol. The van der Waals surface area contributed by atoms with Crippen molar-refractivity contribution in [3.8, 4) is 5.75 Å². The molecule has 45 heavy (non-hydrogen) atoms. The maximum absolute atomic E-state index is 13.6. The number of rotatable bonds is 17. The molecule has 0 unspecified atom stereocenters. The highest BCUT2D eigenvalue weighted by atomic mass is 31.2. The van der Waals surface area contributed by atoms with E-state index in [1.807, 2.05) is 0 Å². The summed E-state index contributed by atoms with van der Waals surface area (Å²) in [6.07, 6.45) is -0.435. The number of nitrogens with one attached hydrogen (secondary N) is 3. The lowest BCUT2D eigenvalue weighted by Gasteiger charge is -2.29. The van der Waals surface area contributed by atoms with Gasteiger partial charge in [0.15, 0.2) is 0 Å². The second kappa shape index (κ2) is 16.5. The second-order valence-corrected chi connectivity index (χ2v) is 11.6. The summed E-state index contributed by atoms with van der Waals surface area (Å²) in [7, 11) is -4.85. The number of nitrogens with two attached hydrogens (primary N) is 3. The van der Waals surface area contributed by atoms with E-state index in [4.69, 9.17) is 27.0 Å². The number of hydrogen-bond acceptors (Lipinski definition) is 9. The van der Waals surface area contributed by atoms with Gasteiger partial charge in [0.1, 0.15) is 29.9 Å². The predicted octanol–water partition coefficient (Wildman–Crippen LogP) is -2.82.